The minimum absolute atomic E-state index is 0.157. The van der Waals surface area contributed by atoms with Crippen LogP contribution >= 0.6 is 15.9 Å². The molecule has 1 heterocycles. The quantitative estimate of drug-likeness (QED) is 0.575. The zero-order valence-corrected chi connectivity index (χ0v) is 16.7. The maximum atomic E-state index is 13.4. The first kappa shape index (κ1) is 19.8. The topological polar surface area (TPSA) is 62.6 Å². The normalized spacial score (nSPS) is 10.5. The third-order valence-electron chi connectivity index (χ3n) is 4.10. The van der Waals surface area contributed by atoms with E-state index in [0.717, 1.165) is 0 Å². The van der Waals surface area contributed by atoms with Crippen molar-refractivity contribution in [3.63, 3.8) is 0 Å². The summed E-state index contributed by atoms with van der Waals surface area (Å²) in [6.45, 7) is 2.62. The van der Waals surface area contributed by atoms with E-state index >= 15 is 0 Å². The van der Waals surface area contributed by atoms with Crippen molar-refractivity contribution in [3.8, 4) is 0 Å². The maximum Gasteiger partial charge on any atom is 0.291 e. The van der Waals surface area contributed by atoms with E-state index in [2.05, 4.69) is 21.2 Å². The molecule has 3 aromatic rings. The number of benzene rings is 2. The van der Waals surface area contributed by atoms with Crippen molar-refractivity contribution in [3.05, 3.63) is 88.0 Å². The van der Waals surface area contributed by atoms with Gasteiger partial charge in [0.1, 0.15) is 5.82 Å². The minimum Gasteiger partial charge on any atom is -0.444 e. The lowest BCUT2D eigenvalue weighted by molar-refractivity contribution is 0.0752. The van der Waals surface area contributed by atoms with Crippen LogP contribution in [0.5, 0.6) is 0 Å². The number of nitrogens with zero attached hydrogens (tertiary/aromatic N) is 1. The highest BCUT2D eigenvalue weighted by atomic mass is 79.9. The van der Waals surface area contributed by atoms with Gasteiger partial charge < -0.3 is 14.6 Å². The molecule has 3 rings (SSSR count). The van der Waals surface area contributed by atoms with Crippen LogP contribution in [0.25, 0.3) is 0 Å². The lowest BCUT2D eigenvalue weighted by Crippen LogP contribution is -2.30. The van der Waals surface area contributed by atoms with Gasteiger partial charge in [-0.2, -0.15) is 0 Å². The van der Waals surface area contributed by atoms with E-state index in [0.29, 0.717) is 34.6 Å². The molecule has 7 heteroatoms. The van der Waals surface area contributed by atoms with Crippen molar-refractivity contribution in [1.29, 1.82) is 0 Å². The number of amides is 2. The minimum atomic E-state index is -0.414. The molecule has 0 aliphatic rings. The summed E-state index contributed by atoms with van der Waals surface area (Å²) in [6, 6.07) is 16.0. The first-order valence-corrected chi connectivity index (χ1v) is 9.46. The Hall–Kier alpha value is -2.93. The summed E-state index contributed by atoms with van der Waals surface area (Å²) in [5.74, 6) is -0.800. The fraction of sp³-hybridized carbons (Fsp3) is 0.143. The Labute approximate surface area is 170 Å². The number of anilines is 1. The van der Waals surface area contributed by atoms with E-state index < -0.39 is 5.91 Å². The van der Waals surface area contributed by atoms with Gasteiger partial charge in [0.25, 0.3) is 11.8 Å². The summed E-state index contributed by atoms with van der Waals surface area (Å²) < 4.78 is 19.1. The summed E-state index contributed by atoms with van der Waals surface area (Å²) in [4.78, 5) is 26.7. The van der Waals surface area contributed by atoms with Crippen molar-refractivity contribution in [2.45, 2.75) is 13.5 Å². The van der Waals surface area contributed by atoms with Gasteiger partial charge in [-0.15, -0.1) is 0 Å². The van der Waals surface area contributed by atoms with Crippen molar-refractivity contribution in [2.75, 3.05) is 11.9 Å². The molecule has 0 radical (unpaired) electrons. The zero-order chi connectivity index (χ0) is 20.1. The monoisotopic (exact) mass is 444 g/mol. The third kappa shape index (κ3) is 4.86. The van der Waals surface area contributed by atoms with Crippen LogP contribution < -0.4 is 5.32 Å². The van der Waals surface area contributed by atoms with E-state index in [1.165, 1.54) is 12.1 Å². The number of hydrogen-bond donors (Lipinski definition) is 1. The van der Waals surface area contributed by atoms with Crippen molar-refractivity contribution >= 4 is 33.4 Å². The number of carbonyl (C=O) groups excluding carboxylic acids is 2. The van der Waals surface area contributed by atoms with Crippen molar-refractivity contribution in [2.24, 2.45) is 0 Å². The number of carbonyl (C=O) groups is 2. The Bertz CT molecular complexity index is 1000. The largest absolute Gasteiger partial charge is 0.444 e. The molecule has 144 valence electrons. The van der Waals surface area contributed by atoms with Gasteiger partial charge in [0, 0.05) is 24.3 Å². The second-order valence-electron chi connectivity index (χ2n) is 6.09. The Balaban J connectivity index is 1.74. The average molecular weight is 445 g/mol. The van der Waals surface area contributed by atoms with E-state index in [-0.39, 0.29) is 17.5 Å². The van der Waals surface area contributed by atoms with Crippen LogP contribution in [0.2, 0.25) is 0 Å². The van der Waals surface area contributed by atoms with Crippen molar-refractivity contribution < 1.29 is 18.4 Å². The fourth-order valence-corrected chi connectivity index (χ4v) is 3.03. The molecule has 28 heavy (non-hydrogen) atoms. The van der Waals surface area contributed by atoms with Gasteiger partial charge >= 0.3 is 0 Å². The second-order valence-corrected chi connectivity index (χ2v) is 6.87. The summed E-state index contributed by atoms with van der Waals surface area (Å²) in [5, 5.41) is 2.71. The molecule has 0 fully saturated rings. The first-order valence-electron chi connectivity index (χ1n) is 8.66. The van der Waals surface area contributed by atoms with Crippen molar-refractivity contribution in [1.82, 2.24) is 4.90 Å². The third-order valence-corrected chi connectivity index (χ3v) is 4.52. The van der Waals surface area contributed by atoms with Gasteiger partial charge in [-0.3, -0.25) is 9.59 Å². The summed E-state index contributed by atoms with van der Waals surface area (Å²) in [6.07, 6.45) is 0. The number of hydrogen-bond acceptors (Lipinski definition) is 3. The van der Waals surface area contributed by atoms with Gasteiger partial charge in [-0.1, -0.05) is 18.2 Å². The van der Waals surface area contributed by atoms with Gasteiger partial charge in [-0.25, -0.2) is 4.39 Å². The molecule has 5 nitrogen and oxygen atoms in total. The summed E-state index contributed by atoms with van der Waals surface area (Å²) in [7, 11) is 0. The Kier molecular flexibility index (Phi) is 6.26. The molecular weight excluding hydrogens is 427 g/mol. The Morgan fingerprint density at radius 1 is 1.11 bits per heavy atom. The van der Waals surface area contributed by atoms with Crippen LogP contribution in [0.15, 0.2) is 69.8 Å². The van der Waals surface area contributed by atoms with Crippen LogP contribution in [0.3, 0.4) is 0 Å². The van der Waals surface area contributed by atoms with E-state index in [4.69, 9.17) is 4.42 Å². The van der Waals surface area contributed by atoms with E-state index in [9.17, 15) is 14.0 Å². The lowest BCUT2D eigenvalue weighted by atomic mass is 10.1. The van der Waals surface area contributed by atoms with Crippen LogP contribution in [-0.2, 0) is 6.54 Å². The Morgan fingerprint density at radius 3 is 2.57 bits per heavy atom. The van der Waals surface area contributed by atoms with E-state index in [1.54, 1.807) is 53.4 Å². The highest BCUT2D eigenvalue weighted by molar-refractivity contribution is 9.10. The predicted octanol–water partition coefficient (Wildman–Crippen LogP) is 5.10. The molecule has 1 aromatic heterocycles. The predicted molar refractivity (Wildman–Crippen MR) is 108 cm³/mol. The molecule has 2 amide bonds. The zero-order valence-electron chi connectivity index (χ0n) is 15.1. The van der Waals surface area contributed by atoms with Crippen LogP contribution in [-0.4, -0.2) is 23.3 Å². The Morgan fingerprint density at radius 2 is 1.89 bits per heavy atom. The average Bonchev–Trinajstić information content (AvgIpc) is 3.12. The number of rotatable bonds is 6. The fourth-order valence-electron chi connectivity index (χ4n) is 2.72. The highest BCUT2D eigenvalue weighted by Crippen LogP contribution is 2.18. The molecule has 0 atom stereocenters. The smallest absolute Gasteiger partial charge is 0.291 e. The van der Waals surface area contributed by atoms with Gasteiger partial charge in [-0.05, 0) is 70.9 Å². The lowest BCUT2D eigenvalue weighted by Gasteiger charge is -2.21. The van der Waals surface area contributed by atoms with Crippen LogP contribution in [0.4, 0.5) is 10.1 Å². The first-order chi connectivity index (χ1) is 13.5. The highest BCUT2D eigenvalue weighted by Gasteiger charge is 2.16. The number of halogens is 2. The molecule has 0 saturated heterocycles. The summed E-state index contributed by atoms with van der Waals surface area (Å²) >= 11 is 3.15. The molecule has 0 bridgehead atoms. The number of nitrogens with one attached hydrogen (secondary N) is 1. The molecule has 0 aliphatic carbocycles. The molecule has 0 aliphatic heterocycles. The van der Waals surface area contributed by atoms with E-state index in [1.807, 2.05) is 6.92 Å². The van der Waals surface area contributed by atoms with Crippen LogP contribution in [0, 0.1) is 5.82 Å². The summed E-state index contributed by atoms with van der Waals surface area (Å²) in [5.41, 5.74) is 1.62. The molecule has 2 aromatic carbocycles. The van der Waals surface area contributed by atoms with Gasteiger partial charge in [0.2, 0.25) is 0 Å². The molecule has 1 N–H and O–H groups in total. The SMILES string of the molecule is CCN(Cc1cccc(F)c1)C(=O)c1cccc(NC(=O)c2ccc(Br)o2)c1. The van der Waals surface area contributed by atoms with Gasteiger partial charge in [0.05, 0.1) is 0 Å². The molecular formula is C21H18BrFN2O3. The van der Waals surface area contributed by atoms with Gasteiger partial charge in [0.15, 0.2) is 10.4 Å². The number of furan rings is 1. The standard InChI is InChI=1S/C21H18BrFN2O3/c1-2-25(13-14-5-3-7-16(23)11-14)21(27)15-6-4-8-17(12-15)24-20(26)18-9-10-19(22)28-18/h3-12H,2,13H2,1H3,(H,24,26). The second kappa shape index (κ2) is 8.84. The van der Waals surface area contributed by atoms with Crippen LogP contribution in [0.1, 0.15) is 33.4 Å². The molecule has 0 saturated carbocycles. The molecule has 0 spiro atoms. The molecule has 0 unspecified atom stereocenters. The maximum absolute atomic E-state index is 13.4.